The van der Waals surface area contributed by atoms with Gasteiger partial charge in [0.15, 0.2) is 11.7 Å². The third-order valence-corrected chi connectivity index (χ3v) is 9.51. The molecule has 4 aliphatic rings. The van der Waals surface area contributed by atoms with Crippen LogP contribution in [0.25, 0.3) is 22.0 Å². The Kier molecular flexibility index (Phi) is 4.07. The molecule has 158 valence electrons. The van der Waals surface area contributed by atoms with Gasteiger partial charge in [0.25, 0.3) is 0 Å². The molecule has 1 nitrogen and oxygen atoms in total. The average Bonchev–Trinajstić information content (AvgIpc) is 2.84. The Labute approximate surface area is 186 Å². The van der Waals surface area contributed by atoms with E-state index in [1.807, 2.05) is 0 Å². The van der Waals surface area contributed by atoms with E-state index in [-0.39, 0.29) is 11.0 Å². The van der Waals surface area contributed by atoms with E-state index in [9.17, 15) is 0 Å². The molecule has 3 aromatic rings. The average molecular weight is 409 g/mol. The number of hydrogen-bond acceptors (Lipinski definition) is 0. The minimum absolute atomic E-state index is 0.0185. The number of aromatic nitrogens is 1. The molecule has 2 unspecified atom stereocenters. The van der Waals surface area contributed by atoms with Crippen molar-refractivity contribution >= 4 is 10.8 Å². The molecule has 0 N–H and O–H groups in total. The van der Waals surface area contributed by atoms with E-state index in [0.29, 0.717) is 0 Å². The van der Waals surface area contributed by atoms with Gasteiger partial charge in [-0.3, -0.25) is 0 Å². The molecule has 0 amide bonds. The van der Waals surface area contributed by atoms with Crippen LogP contribution in [-0.2, 0) is 11.0 Å². The van der Waals surface area contributed by atoms with Crippen molar-refractivity contribution in [3.05, 3.63) is 78.0 Å². The highest BCUT2D eigenvalue weighted by molar-refractivity contribution is 5.94. The molecule has 0 radical (unpaired) electrons. The summed E-state index contributed by atoms with van der Waals surface area (Å²) in [5.74, 6) is 1.53. The number of rotatable bonds is 3. The van der Waals surface area contributed by atoms with E-state index in [1.165, 1.54) is 47.7 Å². The summed E-state index contributed by atoms with van der Waals surface area (Å²) >= 11 is 0. The number of pyridine rings is 1. The Bertz CT molecular complexity index is 1210. The summed E-state index contributed by atoms with van der Waals surface area (Å²) in [5.41, 5.74) is 7.63. The van der Waals surface area contributed by atoms with Gasteiger partial charge in [0.1, 0.15) is 0 Å². The second-order valence-electron chi connectivity index (χ2n) is 10.4. The minimum atomic E-state index is -0.129. The van der Waals surface area contributed by atoms with Crippen LogP contribution in [0.5, 0.6) is 0 Å². The molecule has 1 aromatic heterocycles. The van der Waals surface area contributed by atoms with Crippen LogP contribution in [0.4, 0.5) is 0 Å². The topological polar surface area (TPSA) is 3.88 Å². The highest BCUT2D eigenvalue weighted by atomic mass is 15.1. The molecule has 2 heterocycles. The third-order valence-electron chi connectivity index (χ3n) is 9.51. The summed E-state index contributed by atoms with van der Waals surface area (Å²) in [4.78, 5) is 0. The quantitative estimate of drug-likeness (QED) is 0.312. The minimum Gasteiger partial charge on any atom is -0.188 e. The first-order chi connectivity index (χ1) is 15.1. The van der Waals surface area contributed by atoms with Crippen LogP contribution in [0.3, 0.4) is 0 Å². The predicted molar refractivity (Wildman–Crippen MR) is 130 cm³/mol. The fourth-order valence-corrected chi connectivity index (χ4v) is 7.56. The summed E-state index contributed by atoms with van der Waals surface area (Å²) < 4.78 is 2.58. The molecule has 1 heteroatoms. The SMILES string of the molecule is C=CC1(CC)[n+]2ccc3ccccc3c2-c2cc3c(cc2C1(C)CC)C1CCC3CC1. The van der Waals surface area contributed by atoms with Crippen molar-refractivity contribution < 1.29 is 4.57 Å². The van der Waals surface area contributed by atoms with Gasteiger partial charge in [-0.1, -0.05) is 44.7 Å². The first-order valence-corrected chi connectivity index (χ1v) is 12.3. The summed E-state index contributed by atoms with van der Waals surface area (Å²) in [6, 6.07) is 16.5. The second-order valence-corrected chi connectivity index (χ2v) is 10.4. The monoisotopic (exact) mass is 408 g/mol. The van der Waals surface area contributed by atoms with Gasteiger partial charge < -0.3 is 0 Å². The maximum atomic E-state index is 4.43. The van der Waals surface area contributed by atoms with E-state index in [1.54, 1.807) is 16.7 Å². The number of allylic oxidation sites excluding steroid dienone is 1. The number of fused-ring (bicyclic) bond motifs is 7. The Morgan fingerprint density at radius 1 is 0.968 bits per heavy atom. The molecule has 2 atom stereocenters. The summed E-state index contributed by atoms with van der Waals surface area (Å²) in [7, 11) is 0. The maximum absolute atomic E-state index is 4.43. The lowest BCUT2D eigenvalue weighted by Gasteiger charge is -2.48. The molecule has 3 aliphatic carbocycles. The summed E-state index contributed by atoms with van der Waals surface area (Å²) in [5, 5.41) is 2.69. The van der Waals surface area contributed by atoms with Gasteiger partial charge in [0.05, 0.1) is 16.4 Å². The zero-order chi connectivity index (χ0) is 21.4. The summed E-state index contributed by atoms with van der Waals surface area (Å²) in [6.07, 6.45) is 12.3. The zero-order valence-corrected chi connectivity index (χ0v) is 19.2. The molecule has 2 bridgehead atoms. The first kappa shape index (κ1) is 19.3. The number of nitrogens with zero attached hydrogens (tertiary/aromatic N) is 1. The molecule has 31 heavy (non-hydrogen) atoms. The van der Waals surface area contributed by atoms with E-state index in [4.69, 9.17) is 0 Å². The molecular weight excluding hydrogens is 374 g/mol. The lowest BCUT2D eigenvalue weighted by Crippen LogP contribution is -2.68. The number of benzene rings is 2. The van der Waals surface area contributed by atoms with E-state index >= 15 is 0 Å². The molecule has 1 fully saturated rings. The van der Waals surface area contributed by atoms with Crippen molar-refractivity contribution in [1.82, 2.24) is 0 Å². The normalized spacial score (nSPS) is 30.5. The Morgan fingerprint density at radius 3 is 2.29 bits per heavy atom. The molecule has 7 rings (SSSR count). The van der Waals surface area contributed by atoms with Crippen LogP contribution < -0.4 is 4.57 Å². The van der Waals surface area contributed by atoms with Gasteiger partial charge in [0.2, 0.25) is 5.69 Å². The fraction of sp³-hybridized carbons (Fsp3) is 0.433. The van der Waals surface area contributed by atoms with Crippen LogP contribution in [-0.4, -0.2) is 0 Å². The highest BCUT2D eigenvalue weighted by Gasteiger charge is 2.58. The van der Waals surface area contributed by atoms with E-state index in [2.05, 4.69) is 86.7 Å². The van der Waals surface area contributed by atoms with E-state index in [0.717, 1.165) is 24.7 Å². The molecule has 0 saturated heterocycles. The van der Waals surface area contributed by atoms with Gasteiger partial charge in [-0.15, -0.1) is 0 Å². The van der Waals surface area contributed by atoms with Crippen LogP contribution in [0.1, 0.15) is 87.8 Å². The van der Waals surface area contributed by atoms with Gasteiger partial charge in [-0.05, 0) is 91.1 Å². The Balaban J connectivity index is 1.78. The van der Waals surface area contributed by atoms with Crippen molar-refractivity contribution in [2.75, 3.05) is 0 Å². The Morgan fingerprint density at radius 2 is 1.65 bits per heavy atom. The third kappa shape index (κ3) is 2.25. The van der Waals surface area contributed by atoms with E-state index < -0.39 is 0 Å². The smallest absolute Gasteiger partial charge is 0.188 e. The van der Waals surface area contributed by atoms with Crippen LogP contribution >= 0.6 is 0 Å². The molecule has 1 saturated carbocycles. The van der Waals surface area contributed by atoms with Crippen LogP contribution in [0.2, 0.25) is 0 Å². The van der Waals surface area contributed by atoms with Gasteiger partial charge in [0, 0.05) is 12.5 Å². The fourth-order valence-electron chi connectivity index (χ4n) is 7.56. The molecule has 2 aromatic carbocycles. The van der Waals surface area contributed by atoms with Gasteiger partial charge >= 0.3 is 0 Å². The zero-order valence-electron chi connectivity index (χ0n) is 19.2. The van der Waals surface area contributed by atoms with Crippen molar-refractivity contribution in [2.45, 2.75) is 82.1 Å². The molecule has 0 spiro atoms. The number of hydrogen-bond donors (Lipinski definition) is 0. The van der Waals surface area contributed by atoms with Gasteiger partial charge in [-0.2, -0.15) is 4.57 Å². The highest BCUT2D eigenvalue weighted by Crippen LogP contribution is 2.56. The van der Waals surface area contributed by atoms with Crippen LogP contribution in [0.15, 0.2) is 61.3 Å². The van der Waals surface area contributed by atoms with Crippen molar-refractivity contribution in [1.29, 1.82) is 0 Å². The van der Waals surface area contributed by atoms with Crippen molar-refractivity contribution in [3.8, 4) is 11.3 Å². The largest absolute Gasteiger partial charge is 0.221 e. The lowest BCUT2D eigenvalue weighted by atomic mass is 9.57. The second kappa shape index (κ2) is 6.55. The lowest BCUT2D eigenvalue weighted by molar-refractivity contribution is -0.755. The molecular formula is C30H34N+. The predicted octanol–water partition coefficient (Wildman–Crippen LogP) is 7.52. The first-order valence-electron chi connectivity index (χ1n) is 12.3. The standard InChI is InChI=1S/C30H34N/c1-5-29(4)27-19-25-22-14-12-21(13-15-22)24(25)18-26(27)28-23-11-9-8-10-20(23)16-17-31(28)30(29,6-2)7-3/h6,8-11,16-19,21-22H,2,5,7,12-15H2,1,3-4H3/q+1. The Hall–Kier alpha value is -2.41. The maximum Gasteiger partial charge on any atom is 0.221 e. The van der Waals surface area contributed by atoms with Crippen LogP contribution in [0, 0.1) is 0 Å². The summed E-state index contributed by atoms with van der Waals surface area (Å²) in [6.45, 7) is 11.6. The van der Waals surface area contributed by atoms with Crippen molar-refractivity contribution in [3.63, 3.8) is 0 Å². The van der Waals surface area contributed by atoms with Crippen molar-refractivity contribution in [2.24, 2.45) is 0 Å². The molecule has 1 aliphatic heterocycles. The van der Waals surface area contributed by atoms with Gasteiger partial charge in [-0.25, -0.2) is 0 Å².